The summed E-state index contributed by atoms with van der Waals surface area (Å²) in [5, 5.41) is 0. The van der Waals surface area contributed by atoms with Crippen molar-refractivity contribution in [1.29, 1.82) is 0 Å². The number of ether oxygens (including phenoxy) is 1. The van der Waals surface area contributed by atoms with Gasteiger partial charge in [0.05, 0.1) is 7.11 Å². The zero-order chi connectivity index (χ0) is 20.9. The minimum absolute atomic E-state index is 0. The molecule has 3 rings (SSSR count). The Bertz CT molecular complexity index is 983. The van der Waals surface area contributed by atoms with Crippen LogP contribution in [0.5, 0.6) is 17.2 Å². The van der Waals surface area contributed by atoms with Gasteiger partial charge in [0.25, 0.3) is 0 Å². The number of rotatable bonds is 8. The van der Waals surface area contributed by atoms with Gasteiger partial charge < -0.3 is 18.7 Å². The molecule has 0 amide bonds. The van der Waals surface area contributed by atoms with Gasteiger partial charge in [0.2, 0.25) is 0 Å². The molecule has 0 aliphatic carbocycles. The topological polar surface area (TPSA) is 67.8 Å². The van der Waals surface area contributed by atoms with Gasteiger partial charge in [0.15, 0.2) is 0 Å². The molecule has 0 aliphatic heterocycles. The summed E-state index contributed by atoms with van der Waals surface area (Å²) >= 11 is 0. The summed E-state index contributed by atoms with van der Waals surface area (Å²) in [5.74, 6) is 1.36. The van der Waals surface area contributed by atoms with Gasteiger partial charge in [-0.25, -0.2) is 4.57 Å². The summed E-state index contributed by atoms with van der Waals surface area (Å²) < 4.78 is 27.5. The number of para-hydroxylation sites is 1. The molecule has 1 unspecified atom stereocenters. The van der Waals surface area contributed by atoms with Crippen LogP contribution in [-0.4, -0.2) is 7.11 Å². The minimum atomic E-state index is -4.50. The fourth-order valence-corrected chi connectivity index (χ4v) is 4.07. The third-order valence-corrected chi connectivity index (χ3v) is 5.40. The van der Waals surface area contributed by atoms with Crippen LogP contribution in [0.15, 0.2) is 66.7 Å². The normalized spacial score (nSPS) is 12.4. The first-order valence-corrected chi connectivity index (χ1v) is 10.8. The molecule has 1 atom stereocenters. The third kappa shape index (κ3) is 6.90. The molecule has 3 aromatic rings. The Balaban J connectivity index is 0.00000320. The number of hydrogen-bond acceptors (Lipinski definition) is 5. The van der Waals surface area contributed by atoms with Crippen LogP contribution in [0.25, 0.3) is 0 Å². The van der Waals surface area contributed by atoms with Crippen molar-refractivity contribution in [1.82, 2.24) is 0 Å². The summed E-state index contributed by atoms with van der Waals surface area (Å²) in [7, 11) is -2.81. The van der Waals surface area contributed by atoms with Crippen molar-refractivity contribution in [3.05, 3.63) is 89.0 Å². The number of aryl methyl sites for hydroxylation is 4. The van der Waals surface area contributed by atoms with E-state index in [0.717, 1.165) is 35.3 Å². The molecular weight excluding hydrogens is 410 g/mol. The van der Waals surface area contributed by atoms with Gasteiger partial charge in [0.1, 0.15) is 17.2 Å². The average molecular weight is 434 g/mol. The molecule has 0 saturated carbocycles. The van der Waals surface area contributed by atoms with Gasteiger partial charge >= 0.3 is 37.4 Å². The van der Waals surface area contributed by atoms with Crippen molar-refractivity contribution >= 4 is 7.82 Å². The van der Waals surface area contributed by atoms with Crippen LogP contribution >= 0.6 is 7.82 Å². The summed E-state index contributed by atoms with van der Waals surface area (Å²) in [6.45, 7) is 4.08. The standard InChI is InChI=1S/C23H25O5P.Na/c1-17-15-20(16-18(2)23(17)26-3)10-9-19-11-13-22(14-12-19)28-29(24,25)27-21-7-5-4-6-8-21;/h4-8,11-16H,9-10H2,1-3H3,(H,24,25);/q;+1/p-1. The maximum Gasteiger partial charge on any atom is 1.00 e. The van der Waals surface area contributed by atoms with Crippen molar-refractivity contribution in [2.75, 3.05) is 7.11 Å². The maximum atomic E-state index is 12.1. The van der Waals surface area contributed by atoms with Crippen molar-refractivity contribution < 1.29 is 52.8 Å². The Hall–Kier alpha value is -1.75. The summed E-state index contributed by atoms with van der Waals surface area (Å²) in [6, 6.07) is 19.5. The van der Waals surface area contributed by atoms with E-state index in [0.29, 0.717) is 0 Å². The largest absolute Gasteiger partial charge is 1.00 e. The van der Waals surface area contributed by atoms with E-state index in [-0.39, 0.29) is 41.1 Å². The SMILES string of the molecule is COc1c(C)cc(CCc2ccc(OP(=O)([O-])Oc3ccccc3)cc2)cc1C.[Na+]. The Morgan fingerprint density at radius 2 is 1.30 bits per heavy atom. The Labute approximate surface area is 199 Å². The van der Waals surface area contributed by atoms with E-state index in [4.69, 9.17) is 13.8 Å². The summed E-state index contributed by atoms with van der Waals surface area (Å²) in [5.41, 5.74) is 4.57. The van der Waals surface area contributed by atoms with Crippen LogP contribution < -0.4 is 48.2 Å². The first-order valence-electron chi connectivity index (χ1n) is 9.34. The summed E-state index contributed by atoms with van der Waals surface area (Å²) in [6.07, 6.45) is 1.71. The van der Waals surface area contributed by atoms with Crippen LogP contribution in [0.1, 0.15) is 22.3 Å². The predicted octanol–water partition coefficient (Wildman–Crippen LogP) is 2.03. The fraction of sp³-hybridized carbons (Fsp3) is 0.217. The molecule has 152 valence electrons. The number of hydrogen-bond donors (Lipinski definition) is 0. The number of methoxy groups -OCH3 is 1. The van der Waals surface area contributed by atoms with E-state index in [1.165, 1.54) is 5.56 Å². The van der Waals surface area contributed by atoms with Crippen molar-refractivity contribution in [3.63, 3.8) is 0 Å². The van der Waals surface area contributed by atoms with Gasteiger partial charge in [-0.15, -0.1) is 0 Å². The molecule has 0 heterocycles. The van der Waals surface area contributed by atoms with Crippen LogP contribution in [0, 0.1) is 13.8 Å². The van der Waals surface area contributed by atoms with Gasteiger partial charge in [0, 0.05) is 0 Å². The van der Waals surface area contributed by atoms with E-state index in [2.05, 4.69) is 12.1 Å². The molecule has 0 N–H and O–H groups in total. The van der Waals surface area contributed by atoms with E-state index in [9.17, 15) is 9.46 Å². The first kappa shape index (κ1) is 24.5. The van der Waals surface area contributed by atoms with Crippen molar-refractivity contribution in [3.8, 4) is 17.2 Å². The van der Waals surface area contributed by atoms with Crippen LogP contribution in [-0.2, 0) is 17.4 Å². The number of phosphoric acid groups is 1. The Kier molecular flexibility index (Phi) is 9.02. The molecule has 0 aromatic heterocycles. The molecule has 0 fully saturated rings. The zero-order valence-electron chi connectivity index (χ0n) is 17.8. The van der Waals surface area contributed by atoms with Crippen LogP contribution in [0.2, 0.25) is 0 Å². The van der Waals surface area contributed by atoms with E-state index in [1.807, 2.05) is 26.0 Å². The van der Waals surface area contributed by atoms with Gasteiger partial charge in [-0.1, -0.05) is 42.5 Å². The maximum absolute atomic E-state index is 12.1. The monoisotopic (exact) mass is 434 g/mol. The molecule has 5 nitrogen and oxygen atoms in total. The smallest absolute Gasteiger partial charge is 0.736 e. The fourth-order valence-electron chi connectivity index (χ4n) is 3.27. The van der Waals surface area contributed by atoms with Gasteiger partial charge in [-0.2, -0.15) is 0 Å². The van der Waals surface area contributed by atoms with Crippen LogP contribution in [0.3, 0.4) is 0 Å². The first-order chi connectivity index (χ1) is 13.9. The number of phosphoric ester groups is 1. The van der Waals surface area contributed by atoms with E-state index in [1.54, 1.807) is 49.6 Å². The number of benzene rings is 3. The van der Waals surface area contributed by atoms with E-state index >= 15 is 0 Å². The van der Waals surface area contributed by atoms with Gasteiger partial charge in [-0.05, 0) is 73.2 Å². The second-order valence-corrected chi connectivity index (χ2v) is 8.11. The summed E-state index contributed by atoms with van der Waals surface area (Å²) in [4.78, 5) is 12.1. The molecule has 7 heteroatoms. The zero-order valence-corrected chi connectivity index (χ0v) is 20.6. The molecule has 0 bridgehead atoms. The molecule has 0 aliphatic rings. The molecular formula is C23H24NaO5P. The Morgan fingerprint density at radius 3 is 1.83 bits per heavy atom. The van der Waals surface area contributed by atoms with Crippen molar-refractivity contribution in [2.24, 2.45) is 0 Å². The molecule has 3 aromatic carbocycles. The van der Waals surface area contributed by atoms with Gasteiger partial charge in [-0.3, -0.25) is 0 Å². The minimum Gasteiger partial charge on any atom is -0.736 e. The molecule has 30 heavy (non-hydrogen) atoms. The predicted molar refractivity (Wildman–Crippen MR) is 112 cm³/mol. The second-order valence-electron chi connectivity index (χ2n) is 6.85. The Morgan fingerprint density at radius 1 is 0.800 bits per heavy atom. The third-order valence-electron chi connectivity index (χ3n) is 4.53. The average Bonchev–Trinajstić information content (AvgIpc) is 2.67. The second kappa shape index (κ2) is 11.0. The molecule has 0 saturated heterocycles. The quantitative estimate of drug-likeness (QED) is 0.401. The molecule has 0 spiro atoms. The van der Waals surface area contributed by atoms with E-state index < -0.39 is 7.82 Å². The molecule has 0 radical (unpaired) electrons. The van der Waals surface area contributed by atoms with Crippen molar-refractivity contribution in [2.45, 2.75) is 26.7 Å². The van der Waals surface area contributed by atoms with Crippen LogP contribution in [0.4, 0.5) is 0 Å².